The fourth-order valence-corrected chi connectivity index (χ4v) is 5.71. The molecule has 5 nitrogen and oxygen atoms in total. The van der Waals surface area contributed by atoms with Gasteiger partial charge in [-0.25, -0.2) is 0 Å². The molecular formula is C30H28N4OS2. The summed E-state index contributed by atoms with van der Waals surface area (Å²) in [6, 6.07) is 30.4. The van der Waals surface area contributed by atoms with Gasteiger partial charge in [0.05, 0.1) is 10.9 Å². The second-order valence-electron chi connectivity index (χ2n) is 8.98. The van der Waals surface area contributed by atoms with Crippen molar-refractivity contribution in [2.24, 2.45) is 0 Å². The summed E-state index contributed by atoms with van der Waals surface area (Å²) in [4.78, 5) is 13.8. The molecule has 1 amide bonds. The van der Waals surface area contributed by atoms with Gasteiger partial charge in [0.2, 0.25) is 0 Å². The SMILES string of the molecule is Cc1ccc(-n2c(SCc3cccc(C)c3)nnc2C(Cc2ccccc2)NC(=O)c2cccs2)cc1. The predicted octanol–water partition coefficient (Wildman–Crippen LogP) is 6.95. The number of carbonyl (C=O) groups is 1. The summed E-state index contributed by atoms with van der Waals surface area (Å²) in [5, 5.41) is 15.2. The summed E-state index contributed by atoms with van der Waals surface area (Å²) in [5.41, 5.74) is 5.74. The van der Waals surface area contributed by atoms with Gasteiger partial charge in [0.1, 0.15) is 0 Å². The smallest absolute Gasteiger partial charge is 0.261 e. The van der Waals surface area contributed by atoms with Gasteiger partial charge < -0.3 is 5.32 Å². The zero-order chi connectivity index (χ0) is 25.6. The van der Waals surface area contributed by atoms with Crippen LogP contribution in [-0.4, -0.2) is 20.7 Å². The second kappa shape index (κ2) is 11.6. The van der Waals surface area contributed by atoms with E-state index in [4.69, 9.17) is 0 Å². The third-order valence-electron chi connectivity index (χ3n) is 6.05. The van der Waals surface area contributed by atoms with E-state index in [-0.39, 0.29) is 11.9 Å². The number of hydrogen-bond donors (Lipinski definition) is 1. The van der Waals surface area contributed by atoms with Gasteiger partial charge in [0.25, 0.3) is 5.91 Å². The van der Waals surface area contributed by atoms with Gasteiger partial charge >= 0.3 is 0 Å². The van der Waals surface area contributed by atoms with Crippen LogP contribution in [0.2, 0.25) is 0 Å². The largest absolute Gasteiger partial charge is 0.341 e. The van der Waals surface area contributed by atoms with Gasteiger partial charge in [-0.1, -0.05) is 95.7 Å². The molecule has 0 aliphatic rings. The van der Waals surface area contributed by atoms with Crippen molar-refractivity contribution >= 4 is 29.0 Å². The van der Waals surface area contributed by atoms with E-state index in [0.717, 1.165) is 22.2 Å². The molecule has 0 bridgehead atoms. The van der Waals surface area contributed by atoms with Crippen LogP contribution < -0.4 is 5.32 Å². The lowest BCUT2D eigenvalue weighted by Crippen LogP contribution is -2.31. The van der Waals surface area contributed by atoms with Crippen LogP contribution in [0.25, 0.3) is 5.69 Å². The van der Waals surface area contributed by atoms with Gasteiger partial charge in [-0.3, -0.25) is 9.36 Å². The van der Waals surface area contributed by atoms with E-state index in [0.29, 0.717) is 17.1 Å². The molecule has 0 saturated carbocycles. The molecule has 0 aliphatic heterocycles. The zero-order valence-electron chi connectivity index (χ0n) is 20.8. The minimum Gasteiger partial charge on any atom is -0.341 e. The van der Waals surface area contributed by atoms with E-state index in [1.54, 1.807) is 11.8 Å². The molecule has 5 aromatic rings. The number of thioether (sulfide) groups is 1. The average molecular weight is 525 g/mol. The third kappa shape index (κ3) is 6.18. The highest BCUT2D eigenvalue weighted by Crippen LogP contribution is 2.29. The molecule has 3 aromatic carbocycles. The van der Waals surface area contributed by atoms with Gasteiger partial charge in [0, 0.05) is 11.4 Å². The van der Waals surface area contributed by atoms with E-state index >= 15 is 0 Å². The Morgan fingerprint density at radius 2 is 1.68 bits per heavy atom. The Hall–Kier alpha value is -3.68. The predicted molar refractivity (Wildman–Crippen MR) is 152 cm³/mol. The lowest BCUT2D eigenvalue weighted by atomic mass is 10.0. The first kappa shape index (κ1) is 25.0. The summed E-state index contributed by atoms with van der Waals surface area (Å²) >= 11 is 3.08. The molecule has 0 radical (unpaired) electrons. The summed E-state index contributed by atoms with van der Waals surface area (Å²) < 4.78 is 2.09. The number of aromatic nitrogens is 3. The molecule has 2 aromatic heterocycles. The second-order valence-corrected chi connectivity index (χ2v) is 10.9. The molecule has 2 heterocycles. The van der Waals surface area contributed by atoms with Crippen molar-refractivity contribution in [2.45, 2.75) is 37.2 Å². The van der Waals surface area contributed by atoms with Gasteiger partial charge in [0.15, 0.2) is 11.0 Å². The summed E-state index contributed by atoms with van der Waals surface area (Å²) in [6.45, 7) is 4.18. The number of amides is 1. The van der Waals surface area contributed by atoms with E-state index in [1.807, 2.05) is 35.7 Å². The molecule has 37 heavy (non-hydrogen) atoms. The van der Waals surface area contributed by atoms with Crippen molar-refractivity contribution in [3.63, 3.8) is 0 Å². The molecule has 5 rings (SSSR count). The number of nitrogens with one attached hydrogen (secondary N) is 1. The van der Waals surface area contributed by atoms with Crippen molar-refractivity contribution in [1.29, 1.82) is 0 Å². The molecule has 0 spiro atoms. The first-order valence-electron chi connectivity index (χ1n) is 12.2. The van der Waals surface area contributed by atoms with Crippen molar-refractivity contribution in [2.75, 3.05) is 0 Å². The topological polar surface area (TPSA) is 59.8 Å². The molecular weight excluding hydrogens is 496 g/mol. The highest BCUT2D eigenvalue weighted by Gasteiger charge is 2.25. The Kier molecular flexibility index (Phi) is 7.82. The number of benzene rings is 3. The maximum atomic E-state index is 13.2. The Morgan fingerprint density at radius 1 is 0.892 bits per heavy atom. The minimum atomic E-state index is -0.362. The third-order valence-corrected chi connectivity index (χ3v) is 7.91. The number of rotatable bonds is 9. The van der Waals surface area contributed by atoms with Crippen molar-refractivity contribution in [3.05, 3.63) is 129 Å². The zero-order valence-corrected chi connectivity index (χ0v) is 22.4. The van der Waals surface area contributed by atoms with Crippen LogP contribution in [-0.2, 0) is 12.2 Å². The van der Waals surface area contributed by atoms with E-state index in [9.17, 15) is 4.79 Å². The highest BCUT2D eigenvalue weighted by molar-refractivity contribution is 7.98. The first-order valence-corrected chi connectivity index (χ1v) is 14.0. The maximum absolute atomic E-state index is 13.2. The molecule has 1 atom stereocenters. The number of hydrogen-bond acceptors (Lipinski definition) is 5. The van der Waals surface area contributed by atoms with Crippen LogP contribution in [0.3, 0.4) is 0 Å². The fraction of sp³-hybridized carbons (Fsp3) is 0.167. The number of thiophene rings is 1. The van der Waals surface area contributed by atoms with E-state index < -0.39 is 0 Å². The molecule has 186 valence electrons. The molecule has 1 unspecified atom stereocenters. The van der Waals surface area contributed by atoms with E-state index in [1.165, 1.54) is 28.0 Å². The van der Waals surface area contributed by atoms with Crippen molar-refractivity contribution in [3.8, 4) is 5.69 Å². The van der Waals surface area contributed by atoms with Crippen molar-refractivity contribution < 1.29 is 4.79 Å². The summed E-state index contributed by atoms with van der Waals surface area (Å²) in [7, 11) is 0. The Labute approximate surface area is 225 Å². The normalized spacial score (nSPS) is 11.8. The maximum Gasteiger partial charge on any atom is 0.261 e. The summed E-state index contributed by atoms with van der Waals surface area (Å²) in [6.07, 6.45) is 0.602. The molecule has 0 fully saturated rings. The molecule has 7 heteroatoms. The van der Waals surface area contributed by atoms with Crippen LogP contribution in [0, 0.1) is 13.8 Å². The Bertz CT molecular complexity index is 1460. The lowest BCUT2D eigenvalue weighted by molar-refractivity contribution is 0.0938. The van der Waals surface area contributed by atoms with Crippen molar-refractivity contribution in [1.82, 2.24) is 20.1 Å². The minimum absolute atomic E-state index is 0.108. The Balaban J connectivity index is 1.53. The standard InChI is InChI=1S/C30H28N4OS2/c1-21-13-15-25(16-14-21)34-28(32-33-30(34)37-20-24-11-6-8-22(2)18-24)26(19-23-9-4-3-5-10-23)31-29(35)27-12-7-17-36-27/h3-18,26H,19-20H2,1-2H3,(H,31,35). The van der Waals surface area contributed by atoms with Gasteiger partial charge in [-0.15, -0.1) is 21.5 Å². The fourth-order valence-electron chi connectivity index (χ4n) is 4.18. The van der Waals surface area contributed by atoms with Crippen LogP contribution in [0.15, 0.2) is 102 Å². The van der Waals surface area contributed by atoms with E-state index in [2.05, 4.69) is 94.6 Å². The molecule has 0 saturated heterocycles. The Morgan fingerprint density at radius 3 is 2.41 bits per heavy atom. The molecule has 0 aliphatic carbocycles. The monoisotopic (exact) mass is 524 g/mol. The summed E-state index contributed by atoms with van der Waals surface area (Å²) in [5.74, 6) is 1.38. The first-order chi connectivity index (χ1) is 18.1. The number of aryl methyl sites for hydroxylation is 2. The van der Waals surface area contributed by atoms with Gasteiger partial charge in [-0.05, 0) is 55.0 Å². The molecule has 1 N–H and O–H groups in total. The number of nitrogens with zero attached hydrogens (tertiary/aromatic N) is 3. The van der Waals surface area contributed by atoms with Crippen LogP contribution in [0.1, 0.15) is 43.8 Å². The van der Waals surface area contributed by atoms with Crippen LogP contribution in [0.5, 0.6) is 0 Å². The number of carbonyl (C=O) groups excluding carboxylic acids is 1. The lowest BCUT2D eigenvalue weighted by Gasteiger charge is -2.20. The van der Waals surface area contributed by atoms with Gasteiger partial charge in [-0.2, -0.15) is 0 Å². The van der Waals surface area contributed by atoms with Crippen LogP contribution >= 0.6 is 23.1 Å². The highest BCUT2D eigenvalue weighted by atomic mass is 32.2. The average Bonchev–Trinajstić information content (AvgIpc) is 3.59. The van der Waals surface area contributed by atoms with Crippen LogP contribution in [0.4, 0.5) is 0 Å². The quantitative estimate of drug-likeness (QED) is 0.212.